The molecule has 1 aromatic heterocycles. The molecule has 0 atom stereocenters. The summed E-state index contributed by atoms with van der Waals surface area (Å²) in [4.78, 5) is 17.1. The van der Waals surface area contributed by atoms with Crippen LogP contribution in [0.25, 0.3) is 17.1 Å². The van der Waals surface area contributed by atoms with Crippen LogP contribution in [0.5, 0.6) is 11.8 Å². The van der Waals surface area contributed by atoms with Gasteiger partial charge in [0.25, 0.3) is 5.91 Å². The van der Waals surface area contributed by atoms with Crippen LogP contribution in [0.1, 0.15) is 17.3 Å². The number of nitrogens with one attached hydrogen (secondary N) is 1. The first-order chi connectivity index (χ1) is 16.0. The molecule has 0 bridgehead atoms. The Hall–Kier alpha value is -3.55. The highest BCUT2D eigenvalue weighted by molar-refractivity contribution is 6.42. The van der Waals surface area contributed by atoms with Crippen molar-refractivity contribution in [3.8, 4) is 28.8 Å². The highest BCUT2D eigenvalue weighted by Crippen LogP contribution is 2.30. The fourth-order valence-corrected chi connectivity index (χ4v) is 3.44. The number of carbonyl (C=O) groups is 1. The molecule has 4 rings (SSSR count). The monoisotopic (exact) mass is 482 g/mol. The Kier molecular flexibility index (Phi) is 6.82. The van der Waals surface area contributed by atoms with Gasteiger partial charge in [0.1, 0.15) is 5.75 Å². The third kappa shape index (κ3) is 5.10. The Bertz CT molecular complexity index is 1290. The van der Waals surface area contributed by atoms with Crippen molar-refractivity contribution >= 4 is 34.8 Å². The molecule has 168 valence electrons. The van der Waals surface area contributed by atoms with Gasteiger partial charge in [0.15, 0.2) is 5.82 Å². The molecule has 7 nitrogen and oxygen atoms in total. The van der Waals surface area contributed by atoms with Crippen LogP contribution in [0, 0.1) is 0 Å². The average Bonchev–Trinajstić information content (AvgIpc) is 3.25. The molecule has 0 saturated heterocycles. The number of aromatic nitrogens is 3. The Morgan fingerprint density at radius 1 is 1.03 bits per heavy atom. The van der Waals surface area contributed by atoms with E-state index in [0.717, 1.165) is 11.3 Å². The number of methoxy groups -OCH3 is 1. The Morgan fingerprint density at radius 2 is 1.82 bits per heavy atom. The van der Waals surface area contributed by atoms with Gasteiger partial charge in [-0.05, 0) is 67.6 Å². The van der Waals surface area contributed by atoms with Gasteiger partial charge in [-0.15, -0.1) is 5.10 Å². The third-order valence-corrected chi connectivity index (χ3v) is 5.48. The van der Waals surface area contributed by atoms with E-state index in [9.17, 15) is 4.79 Å². The first-order valence-corrected chi connectivity index (χ1v) is 10.8. The highest BCUT2D eigenvalue weighted by Gasteiger charge is 2.16. The molecule has 3 aromatic carbocycles. The summed E-state index contributed by atoms with van der Waals surface area (Å²) in [6.45, 7) is 2.29. The zero-order chi connectivity index (χ0) is 23.4. The van der Waals surface area contributed by atoms with Crippen LogP contribution in [-0.2, 0) is 0 Å². The van der Waals surface area contributed by atoms with E-state index in [1.54, 1.807) is 60.3 Å². The second kappa shape index (κ2) is 9.94. The maximum absolute atomic E-state index is 12.6. The van der Waals surface area contributed by atoms with Gasteiger partial charge in [0.05, 0.1) is 29.4 Å². The lowest BCUT2D eigenvalue weighted by atomic mass is 10.2. The van der Waals surface area contributed by atoms with Crippen molar-refractivity contribution in [1.82, 2.24) is 14.8 Å². The van der Waals surface area contributed by atoms with Crippen molar-refractivity contribution in [3.05, 3.63) is 82.3 Å². The molecule has 0 unspecified atom stereocenters. The van der Waals surface area contributed by atoms with Gasteiger partial charge in [-0.1, -0.05) is 29.3 Å². The number of hydrogen-bond donors (Lipinski definition) is 1. The number of amides is 1. The number of benzene rings is 3. The van der Waals surface area contributed by atoms with Crippen LogP contribution in [0.15, 0.2) is 66.7 Å². The molecule has 9 heteroatoms. The third-order valence-electron chi connectivity index (χ3n) is 4.74. The molecule has 1 amide bonds. The molecule has 0 saturated carbocycles. The number of halogens is 2. The lowest BCUT2D eigenvalue weighted by molar-refractivity contribution is 0.102. The number of ether oxygens (including phenoxy) is 2. The maximum Gasteiger partial charge on any atom is 0.336 e. The van der Waals surface area contributed by atoms with Crippen molar-refractivity contribution in [2.24, 2.45) is 0 Å². The van der Waals surface area contributed by atoms with E-state index in [1.807, 2.05) is 25.1 Å². The maximum atomic E-state index is 12.6. The van der Waals surface area contributed by atoms with Crippen LogP contribution < -0.4 is 14.8 Å². The van der Waals surface area contributed by atoms with Gasteiger partial charge < -0.3 is 14.8 Å². The van der Waals surface area contributed by atoms with E-state index in [-0.39, 0.29) is 11.9 Å². The number of anilines is 1. The molecule has 0 aliphatic heterocycles. The minimum atomic E-state index is -0.238. The van der Waals surface area contributed by atoms with Crippen LogP contribution in [-0.4, -0.2) is 34.4 Å². The van der Waals surface area contributed by atoms with Gasteiger partial charge in [0.2, 0.25) is 0 Å². The predicted octanol–water partition coefficient (Wildman–Crippen LogP) is 5.90. The molecule has 0 aliphatic carbocycles. The summed E-state index contributed by atoms with van der Waals surface area (Å²) in [5, 5.41) is 8.20. The van der Waals surface area contributed by atoms with Crippen molar-refractivity contribution in [2.45, 2.75) is 6.92 Å². The van der Waals surface area contributed by atoms with Crippen molar-refractivity contribution < 1.29 is 14.3 Å². The SMILES string of the molecule is CCOc1nc(-c2ccc(Cl)c(Cl)c2)n(-c2ccc(NC(=O)c3cccc(OC)c3)cc2)n1. The van der Waals surface area contributed by atoms with Crippen LogP contribution in [0.4, 0.5) is 5.69 Å². The van der Waals surface area contributed by atoms with E-state index < -0.39 is 0 Å². The van der Waals surface area contributed by atoms with Crippen LogP contribution in [0.3, 0.4) is 0 Å². The molecule has 33 heavy (non-hydrogen) atoms. The first-order valence-electron chi connectivity index (χ1n) is 10.1. The Labute approximate surface area is 200 Å². The van der Waals surface area contributed by atoms with Crippen molar-refractivity contribution in [3.63, 3.8) is 0 Å². The number of carbonyl (C=O) groups excluding carboxylic acids is 1. The van der Waals surface area contributed by atoms with Gasteiger partial charge in [0, 0.05) is 16.8 Å². The van der Waals surface area contributed by atoms with Gasteiger partial charge in [-0.2, -0.15) is 4.98 Å². The van der Waals surface area contributed by atoms with Crippen molar-refractivity contribution in [1.29, 1.82) is 0 Å². The van der Waals surface area contributed by atoms with Crippen LogP contribution in [0.2, 0.25) is 10.0 Å². The fraction of sp³-hybridized carbons (Fsp3) is 0.125. The van der Waals surface area contributed by atoms with Crippen LogP contribution >= 0.6 is 23.2 Å². The molecule has 0 fully saturated rings. The predicted molar refractivity (Wildman–Crippen MR) is 129 cm³/mol. The molecule has 1 heterocycles. The number of nitrogens with zero attached hydrogens (tertiary/aromatic N) is 3. The normalized spacial score (nSPS) is 10.7. The summed E-state index contributed by atoms with van der Waals surface area (Å²) < 4.78 is 12.3. The molecular formula is C24H20Cl2N4O3. The molecule has 0 aliphatic rings. The molecular weight excluding hydrogens is 463 g/mol. The first kappa shape index (κ1) is 22.6. The molecule has 1 N–H and O–H groups in total. The standard InChI is InChI=1S/C24H20Cl2N4O3/c1-3-33-24-28-22(15-7-12-20(25)21(26)14-15)30(29-24)18-10-8-17(9-11-18)27-23(31)16-5-4-6-19(13-16)32-2/h4-14H,3H2,1-2H3,(H,27,31). The summed E-state index contributed by atoms with van der Waals surface area (Å²) in [6.07, 6.45) is 0. The lowest BCUT2D eigenvalue weighted by Crippen LogP contribution is -2.12. The second-order valence-corrected chi connectivity index (χ2v) is 7.74. The zero-order valence-electron chi connectivity index (χ0n) is 17.9. The molecule has 0 radical (unpaired) electrons. The number of hydrogen-bond acceptors (Lipinski definition) is 5. The largest absolute Gasteiger partial charge is 0.497 e. The Balaban J connectivity index is 1.61. The highest BCUT2D eigenvalue weighted by atomic mass is 35.5. The van der Waals surface area contributed by atoms with E-state index in [1.165, 1.54) is 0 Å². The minimum absolute atomic E-state index is 0.238. The minimum Gasteiger partial charge on any atom is -0.497 e. The van der Waals surface area contributed by atoms with Gasteiger partial charge >= 0.3 is 6.01 Å². The average molecular weight is 483 g/mol. The van der Waals surface area contributed by atoms with E-state index in [0.29, 0.717) is 39.5 Å². The number of rotatable bonds is 7. The fourth-order valence-electron chi connectivity index (χ4n) is 3.14. The quantitative estimate of drug-likeness (QED) is 0.354. The summed E-state index contributed by atoms with van der Waals surface area (Å²) in [6, 6.07) is 19.7. The van der Waals surface area contributed by atoms with Crippen molar-refractivity contribution in [2.75, 3.05) is 19.0 Å². The summed E-state index contributed by atoms with van der Waals surface area (Å²) in [5.74, 6) is 0.923. The zero-order valence-corrected chi connectivity index (χ0v) is 19.4. The summed E-state index contributed by atoms with van der Waals surface area (Å²) in [7, 11) is 1.56. The molecule has 0 spiro atoms. The van der Waals surface area contributed by atoms with Gasteiger partial charge in [-0.3, -0.25) is 4.79 Å². The smallest absolute Gasteiger partial charge is 0.336 e. The summed E-state index contributed by atoms with van der Waals surface area (Å²) >= 11 is 12.3. The Morgan fingerprint density at radius 3 is 2.52 bits per heavy atom. The molecule has 4 aromatic rings. The summed E-state index contributed by atoms with van der Waals surface area (Å²) in [5.41, 5.74) is 2.60. The second-order valence-electron chi connectivity index (χ2n) is 6.92. The topological polar surface area (TPSA) is 78.3 Å². The van der Waals surface area contributed by atoms with E-state index in [4.69, 9.17) is 32.7 Å². The van der Waals surface area contributed by atoms with E-state index in [2.05, 4.69) is 15.4 Å². The van der Waals surface area contributed by atoms with E-state index >= 15 is 0 Å². The van der Waals surface area contributed by atoms with Gasteiger partial charge in [-0.25, -0.2) is 4.68 Å². The lowest BCUT2D eigenvalue weighted by Gasteiger charge is -2.09.